The average Bonchev–Trinajstić information content (AvgIpc) is 1.72. The summed E-state index contributed by atoms with van der Waals surface area (Å²) < 4.78 is 0. The number of hydrogen-bond donors (Lipinski definition) is 0. The van der Waals surface area contributed by atoms with Crippen molar-refractivity contribution in [2.24, 2.45) is 0 Å². The summed E-state index contributed by atoms with van der Waals surface area (Å²) in [6.07, 6.45) is 2.96. The van der Waals surface area contributed by atoms with Gasteiger partial charge >= 0.3 is 0 Å². The standard InChI is InChI=1S/C4H8.C2H4/c1-3-4-2;1-2/h3H,1,4H2,2H3;1-2H2. The maximum atomic E-state index is 3.48. The molecule has 0 spiro atoms. The molecule has 6 heavy (non-hydrogen) atoms. The fourth-order valence-corrected chi connectivity index (χ4v) is 0. The molecule has 0 aliphatic heterocycles. The molecule has 0 aromatic heterocycles. The summed E-state index contributed by atoms with van der Waals surface area (Å²) in [7, 11) is 0. The topological polar surface area (TPSA) is 0 Å². The van der Waals surface area contributed by atoms with E-state index >= 15 is 0 Å². The van der Waals surface area contributed by atoms with Crippen LogP contribution in [0.15, 0.2) is 25.8 Å². The van der Waals surface area contributed by atoms with Crippen molar-refractivity contribution in [1.82, 2.24) is 0 Å². The molecule has 0 unspecified atom stereocenters. The minimum atomic E-state index is 1.08. The molecule has 0 atom stereocenters. The Morgan fingerprint density at radius 3 is 1.67 bits per heavy atom. The van der Waals surface area contributed by atoms with Crippen molar-refractivity contribution < 1.29 is 0 Å². The molecule has 0 fully saturated rings. The average molecular weight is 84.2 g/mol. The fourth-order valence-electron chi connectivity index (χ4n) is 0. The molecule has 0 aromatic rings. The van der Waals surface area contributed by atoms with Gasteiger partial charge in [0, 0.05) is 0 Å². The molecule has 0 saturated carbocycles. The molecule has 0 radical (unpaired) electrons. The van der Waals surface area contributed by atoms with Gasteiger partial charge in [-0.1, -0.05) is 13.0 Å². The second kappa shape index (κ2) is 24.8. The first-order valence-corrected chi connectivity index (χ1v) is 2.02. The molecule has 0 N–H and O–H groups in total. The molecule has 0 rings (SSSR count). The van der Waals surface area contributed by atoms with Crippen LogP contribution in [0.2, 0.25) is 0 Å². The van der Waals surface area contributed by atoms with E-state index in [1.54, 1.807) is 0 Å². The third-order valence-corrected chi connectivity index (χ3v) is 0.289. The summed E-state index contributed by atoms with van der Waals surface area (Å²) in [6.45, 7) is 11.5. The molecule has 36 valence electrons. The van der Waals surface area contributed by atoms with Crippen molar-refractivity contribution in [3.05, 3.63) is 25.8 Å². The molecule has 0 heteroatoms. The predicted molar refractivity (Wildman–Crippen MR) is 31.7 cm³/mol. The van der Waals surface area contributed by atoms with Crippen molar-refractivity contribution in [3.8, 4) is 0 Å². The zero-order chi connectivity index (χ0) is 5.41. The Morgan fingerprint density at radius 2 is 1.67 bits per heavy atom. The van der Waals surface area contributed by atoms with Gasteiger partial charge in [0.15, 0.2) is 0 Å². The molecule has 0 amide bonds. The molecule has 0 aliphatic rings. The fraction of sp³-hybridized carbons (Fsp3) is 0.333. The van der Waals surface area contributed by atoms with Crippen molar-refractivity contribution in [3.63, 3.8) is 0 Å². The zero-order valence-corrected chi connectivity index (χ0v) is 4.41. The number of rotatable bonds is 1. The minimum absolute atomic E-state index is 1.08. The highest BCUT2D eigenvalue weighted by molar-refractivity contribution is 4.60. The molecule has 0 nitrogen and oxygen atoms in total. The van der Waals surface area contributed by atoms with Crippen LogP contribution in [0.3, 0.4) is 0 Å². The van der Waals surface area contributed by atoms with Crippen LogP contribution >= 0.6 is 0 Å². The Hall–Kier alpha value is -0.520. The molecular weight excluding hydrogens is 72.1 g/mol. The zero-order valence-electron chi connectivity index (χ0n) is 4.41. The monoisotopic (exact) mass is 84.1 g/mol. The van der Waals surface area contributed by atoms with Gasteiger partial charge in [-0.2, -0.15) is 0 Å². The van der Waals surface area contributed by atoms with Crippen LogP contribution in [0.5, 0.6) is 0 Å². The van der Waals surface area contributed by atoms with Gasteiger partial charge in [0.1, 0.15) is 0 Å². The predicted octanol–water partition coefficient (Wildman–Crippen LogP) is 2.38. The lowest BCUT2D eigenvalue weighted by Crippen LogP contribution is -1.36. The lowest BCUT2D eigenvalue weighted by molar-refractivity contribution is 1.23. The van der Waals surface area contributed by atoms with Crippen LogP contribution < -0.4 is 0 Å². The lowest BCUT2D eigenvalue weighted by Gasteiger charge is -1.57. The van der Waals surface area contributed by atoms with Crippen molar-refractivity contribution in [2.45, 2.75) is 13.3 Å². The van der Waals surface area contributed by atoms with E-state index in [0.717, 1.165) is 6.42 Å². The van der Waals surface area contributed by atoms with Gasteiger partial charge in [-0.3, -0.25) is 0 Å². The van der Waals surface area contributed by atoms with Crippen molar-refractivity contribution >= 4 is 0 Å². The Bertz CT molecular complexity index is 21.2. The highest BCUT2D eigenvalue weighted by Crippen LogP contribution is 1.66. The van der Waals surface area contributed by atoms with E-state index in [2.05, 4.69) is 26.7 Å². The Morgan fingerprint density at radius 1 is 1.50 bits per heavy atom. The van der Waals surface area contributed by atoms with Crippen LogP contribution in [-0.4, -0.2) is 0 Å². The van der Waals surface area contributed by atoms with Crippen molar-refractivity contribution in [2.75, 3.05) is 0 Å². The quantitative estimate of drug-likeness (QED) is 0.428. The first-order chi connectivity index (χ1) is 2.91. The molecule has 0 aromatic carbocycles. The summed E-state index contributed by atoms with van der Waals surface area (Å²) in [5.41, 5.74) is 0. The second-order valence-corrected chi connectivity index (χ2v) is 0.697. The van der Waals surface area contributed by atoms with Crippen LogP contribution in [0.25, 0.3) is 0 Å². The number of hydrogen-bond acceptors (Lipinski definition) is 0. The highest BCUT2D eigenvalue weighted by atomic mass is 13.5. The first kappa shape index (κ1) is 9.08. The van der Waals surface area contributed by atoms with Gasteiger partial charge in [0.25, 0.3) is 0 Å². The normalized spacial score (nSPS) is 4.83. The number of allylic oxidation sites excluding steroid dienone is 1. The third-order valence-electron chi connectivity index (χ3n) is 0.289. The van der Waals surface area contributed by atoms with Gasteiger partial charge < -0.3 is 0 Å². The van der Waals surface area contributed by atoms with Gasteiger partial charge in [-0.05, 0) is 6.42 Å². The Balaban J connectivity index is 0. The molecule has 0 bridgehead atoms. The first-order valence-electron chi connectivity index (χ1n) is 2.02. The van der Waals surface area contributed by atoms with E-state index in [9.17, 15) is 0 Å². The van der Waals surface area contributed by atoms with Gasteiger partial charge in [0.2, 0.25) is 0 Å². The molecular formula is C6H12. The Labute approximate surface area is 40.2 Å². The van der Waals surface area contributed by atoms with Crippen LogP contribution in [0.1, 0.15) is 13.3 Å². The molecule has 0 saturated heterocycles. The summed E-state index contributed by atoms with van der Waals surface area (Å²) in [5, 5.41) is 0. The Kier molecular flexibility index (Phi) is 37.5. The summed E-state index contributed by atoms with van der Waals surface area (Å²) in [4.78, 5) is 0. The van der Waals surface area contributed by atoms with Gasteiger partial charge in [0.05, 0.1) is 0 Å². The molecule has 0 heterocycles. The highest BCUT2D eigenvalue weighted by Gasteiger charge is 1.45. The summed E-state index contributed by atoms with van der Waals surface area (Å²) in [6, 6.07) is 0. The largest absolute Gasteiger partial charge is 0.106 e. The SMILES string of the molecule is C=C.C=CCC. The van der Waals surface area contributed by atoms with Gasteiger partial charge in [-0.25, -0.2) is 0 Å². The van der Waals surface area contributed by atoms with Crippen LogP contribution in [0, 0.1) is 0 Å². The molecule has 0 aliphatic carbocycles. The van der Waals surface area contributed by atoms with Crippen molar-refractivity contribution in [1.29, 1.82) is 0 Å². The maximum Gasteiger partial charge on any atom is -0.0382 e. The lowest BCUT2D eigenvalue weighted by atomic mass is 10.5. The van der Waals surface area contributed by atoms with Gasteiger partial charge in [-0.15, -0.1) is 19.7 Å². The second-order valence-electron chi connectivity index (χ2n) is 0.697. The minimum Gasteiger partial charge on any atom is -0.106 e. The maximum absolute atomic E-state index is 3.48. The van der Waals surface area contributed by atoms with E-state index < -0.39 is 0 Å². The van der Waals surface area contributed by atoms with Crippen LogP contribution in [0.4, 0.5) is 0 Å². The third kappa shape index (κ3) is 92.9. The van der Waals surface area contributed by atoms with E-state index in [4.69, 9.17) is 0 Å². The van der Waals surface area contributed by atoms with E-state index in [0.29, 0.717) is 0 Å². The van der Waals surface area contributed by atoms with E-state index in [1.807, 2.05) is 6.08 Å². The smallest absolute Gasteiger partial charge is 0.0382 e. The summed E-state index contributed by atoms with van der Waals surface area (Å²) >= 11 is 0. The summed E-state index contributed by atoms with van der Waals surface area (Å²) in [5.74, 6) is 0. The van der Waals surface area contributed by atoms with Crippen LogP contribution in [-0.2, 0) is 0 Å². The van der Waals surface area contributed by atoms with E-state index in [1.165, 1.54) is 0 Å². The van der Waals surface area contributed by atoms with E-state index in [-0.39, 0.29) is 0 Å².